The van der Waals surface area contributed by atoms with Crippen LogP contribution in [0.1, 0.15) is 12.0 Å². The van der Waals surface area contributed by atoms with E-state index in [-0.39, 0.29) is 30.9 Å². The first-order valence-electron chi connectivity index (χ1n) is 10.0. The van der Waals surface area contributed by atoms with Crippen molar-refractivity contribution in [1.29, 1.82) is 0 Å². The number of aryl methyl sites for hydroxylation is 1. The molecule has 1 aromatic heterocycles. The number of rotatable bonds is 9. The summed E-state index contributed by atoms with van der Waals surface area (Å²) in [5, 5.41) is 0. The average Bonchev–Trinajstić information content (AvgIpc) is 3.43. The van der Waals surface area contributed by atoms with Crippen LogP contribution in [-0.4, -0.2) is 40.9 Å². The van der Waals surface area contributed by atoms with Crippen LogP contribution in [0, 0.1) is 0 Å². The van der Waals surface area contributed by atoms with Crippen LogP contribution in [-0.2, 0) is 22.4 Å². The summed E-state index contributed by atoms with van der Waals surface area (Å²) in [5.74, 6) is 1.03. The lowest BCUT2D eigenvalue weighted by Crippen LogP contribution is -2.37. The monoisotopic (exact) mass is 497 g/mol. The van der Waals surface area contributed by atoms with Gasteiger partial charge in [0, 0.05) is 35.2 Å². The molecule has 1 fully saturated rings. The van der Waals surface area contributed by atoms with Gasteiger partial charge in [-0.3, -0.25) is 0 Å². The second kappa shape index (κ2) is 12.4. The maximum atomic E-state index is 6.49. The van der Waals surface area contributed by atoms with Gasteiger partial charge in [0.1, 0.15) is 5.75 Å². The number of hydrogen-bond donors (Lipinski definition) is 1. The molecule has 6 nitrogen and oxygen atoms in total. The summed E-state index contributed by atoms with van der Waals surface area (Å²) in [4.78, 5) is 5.34. The molecule has 1 aliphatic heterocycles. The summed E-state index contributed by atoms with van der Waals surface area (Å²) in [7, 11) is 1.68. The Labute approximate surface area is 205 Å². The summed E-state index contributed by atoms with van der Waals surface area (Å²) >= 11 is 1.76. The second-order valence-corrected chi connectivity index (χ2v) is 8.52. The SMILES string of the molecule is COc1ccc(CCC2(Cn3ccnc3)OCC(CSc3ccc(N)cc3)O2)cc1.Cl.Cl. The van der Waals surface area contributed by atoms with Crippen molar-refractivity contribution >= 4 is 42.3 Å². The number of aromatic nitrogens is 2. The van der Waals surface area contributed by atoms with Crippen molar-refractivity contribution in [3.05, 3.63) is 72.8 Å². The van der Waals surface area contributed by atoms with E-state index in [0.717, 1.165) is 30.0 Å². The smallest absolute Gasteiger partial charge is 0.187 e. The van der Waals surface area contributed by atoms with Crippen molar-refractivity contribution in [2.24, 2.45) is 0 Å². The molecule has 2 N–H and O–H groups in total. The highest BCUT2D eigenvalue weighted by Gasteiger charge is 2.41. The molecule has 0 saturated carbocycles. The highest BCUT2D eigenvalue weighted by Crippen LogP contribution is 2.33. The molecule has 3 aromatic rings. The molecule has 0 amide bonds. The van der Waals surface area contributed by atoms with Crippen LogP contribution in [0.15, 0.2) is 72.1 Å². The molecule has 1 aliphatic rings. The Bertz CT molecular complexity index is 927. The fourth-order valence-corrected chi connectivity index (χ4v) is 4.40. The molecule has 9 heteroatoms. The number of nitrogens with two attached hydrogens (primary N) is 1. The first kappa shape index (κ1) is 26.4. The Kier molecular flexibility index (Phi) is 10.2. The average molecular weight is 498 g/mol. The number of ether oxygens (including phenoxy) is 3. The molecule has 0 radical (unpaired) electrons. The van der Waals surface area contributed by atoms with Gasteiger partial charge in [-0.05, 0) is 48.4 Å². The summed E-state index contributed by atoms with van der Waals surface area (Å²) < 4.78 is 20.0. The number of anilines is 1. The lowest BCUT2D eigenvalue weighted by molar-refractivity contribution is -0.180. The molecule has 2 unspecified atom stereocenters. The Morgan fingerprint density at radius 2 is 1.91 bits per heavy atom. The molecule has 0 bridgehead atoms. The summed E-state index contributed by atoms with van der Waals surface area (Å²) in [6.07, 6.45) is 7.18. The number of nitrogens with zero attached hydrogens (tertiary/aromatic N) is 2. The fraction of sp³-hybridized carbons (Fsp3) is 0.348. The van der Waals surface area contributed by atoms with E-state index < -0.39 is 5.79 Å². The number of nitrogen functional groups attached to an aromatic ring is 1. The predicted molar refractivity (Wildman–Crippen MR) is 133 cm³/mol. The Hall–Kier alpha value is -1.90. The first-order chi connectivity index (χ1) is 14.6. The topological polar surface area (TPSA) is 71.5 Å². The van der Waals surface area contributed by atoms with E-state index in [2.05, 4.69) is 17.1 Å². The molecule has 1 saturated heterocycles. The largest absolute Gasteiger partial charge is 0.497 e. The minimum absolute atomic E-state index is 0. The zero-order chi connectivity index (χ0) is 20.8. The van der Waals surface area contributed by atoms with Gasteiger partial charge < -0.3 is 24.5 Å². The molecule has 0 spiro atoms. The summed E-state index contributed by atoms with van der Waals surface area (Å²) in [6, 6.07) is 16.1. The number of imidazole rings is 1. The maximum absolute atomic E-state index is 6.49. The third-order valence-electron chi connectivity index (χ3n) is 5.17. The van der Waals surface area contributed by atoms with Crippen molar-refractivity contribution in [3.8, 4) is 5.75 Å². The number of methoxy groups -OCH3 is 1. The normalized spacial score (nSPS) is 19.7. The van der Waals surface area contributed by atoms with E-state index in [0.29, 0.717) is 13.2 Å². The summed E-state index contributed by atoms with van der Waals surface area (Å²) in [6.45, 7) is 1.20. The molecular formula is C23H29Cl2N3O3S. The van der Waals surface area contributed by atoms with Gasteiger partial charge >= 0.3 is 0 Å². The van der Waals surface area contributed by atoms with Gasteiger partial charge in [0.15, 0.2) is 5.79 Å². The highest BCUT2D eigenvalue weighted by molar-refractivity contribution is 7.99. The summed E-state index contributed by atoms with van der Waals surface area (Å²) in [5.41, 5.74) is 7.78. The van der Waals surface area contributed by atoms with Gasteiger partial charge in [-0.2, -0.15) is 0 Å². The number of thioether (sulfide) groups is 1. The van der Waals surface area contributed by atoms with Crippen molar-refractivity contribution in [3.63, 3.8) is 0 Å². The van der Waals surface area contributed by atoms with E-state index in [9.17, 15) is 0 Å². The standard InChI is InChI=1S/C23H27N3O3S.2ClH/c1-27-20-6-2-18(3-7-20)10-11-23(16-26-13-12-25-17-26)28-14-21(29-23)15-30-22-8-4-19(24)5-9-22;;/h2-9,12-13,17,21H,10-11,14-16,24H2,1H3;2*1H. The van der Waals surface area contributed by atoms with E-state index in [1.165, 1.54) is 10.5 Å². The van der Waals surface area contributed by atoms with Crippen LogP contribution >= 0.6 is 36.6 Å². The zero-order valence-electron chi connectivity index (χ0n) is 17.9. The van der Waals surface area contributed by atoms with Gasteiger partial charge in [-0.1, -0.05) is 12.1 Å². The van der Waals surface area contributed by atoms with Crippen molar-refractivity contribution in [2.45, 2.75) is 36.2 Å². The minimum atomic E-state index is -0.660. The third-order valence-corrected chi connectivity index (χ3v) is 6.31. The molecule has 2 aromatic carbocycles. The number of benzene rings is 2. The van der Waals surface area contributed by atoms with E-state index in [4.69, 9.17) is 19.9 Å². The fourth-order valence-electron chi connectivity index (χ4n) is 3.53. The van der Waals surface area contributed by atoms with Gasteiger partial charge in [0.2, 0.25) is 0 Å². The predicted octanol–water partition coefficient (Wildman–Crippen LogP) is 4.85. The molecule has 2 atom stereocenters. The van der Waals surface area contributed by atoms with Gasteiger partial charge in [0.05, 0.1) is 32.7 Å². The van der Waals surface area contributed by atoms with Crippen LogP contribution in [0.2, 0.25) is 0 Å². The lowest BCUT2D eigenvalue weighted by Gasteiger charge is -2.28. The van der Waals surface area contributed by atoms with Crippen LogP contribution in [0.4, 0.5) is 5.69 Å². The zero-order valence-corrected chi connectivity index (χ0v) is 20.3. The quantitative estimate of drug-likeness (QED) is 0.336. The second-order valence-electron chi connectivity index (χ2n) is 7.42. The Morgan fingerprint density at radius 1 is 1.16 bits per heavy atom. The minimum Gasteiger partial charge on any atom is -0.497 e. The van der Waals surface area contributed by atoms with Crippen LogP contribution in [0.5, 0.6) is 5.75 Å². The Balaban J connectivity index is 0.00000181. The van der Waals surface area contributed by atoms with E-state index in [1.807, 2.05) is 47.2 Å². The third kappa shape index (κ3) is 7.05. The molecule has 2 heterocycles. The van der Waals surface area contributed by atoms with Crippen LogP contribution < -0.4 is 10.5 Å². The van der Waals surface area contributed by atoms with Crippen molar-refractivity contribution in [1.82, 2.24) is 9.55 Å². The molecule has 0 aliphatic carbocycles. The van der Waals surface area contributed by atoms with Gasteiger partial charge in [0.25, 0.3) is 0 Å². The van der Waals surface area contributed by atoms with E-state index in [1.54, 1.807) is 31.4 Å². The molecule has 174 valence electrons. The molecule has 32 heavy (non-hydrogen) atoms. The lowest BCUT2D eigenvalue weighted by atomic mass is 10.0. The Morgan fingerprint density at radius 3 is 2.56 bits per heavy atom. The van der Waals surface area contributed by atoms with Crippen LogP contribution in [0.25, 0.3) is 0 Å². The van der Waals surface area contributed by atoms with Gasteiger partial charge in [-0.15, -0.1) is 36.6 Å². The van der Waals surface area contributed by atoms with Crippen molar-refractivity contribution < 1.29 is 14.2 Å². The molecular weight excluding hydrogens is 469 g/mol. The molecule has 4 rings (SSSR count). The van der Waals surface area contributed by atoms with Crippen molar-refractivity contribution in [2.75, 3.05) is 25.2 Å². The maximum Gasteiger partial charge on any atom is 0.187 e. The number of halogens is 2. The number of hydrogen-bond acceptors (Lipinski definition) is 6. The van der Waals surface area contributed by atoms with E-state index >= 15 is 0 Å². The van der Waals surface area contributed by atoms with Crippen LogP contribution in [0.3, 0.4) is 0 Å². The highest BCUT2D eigenvalue weighted by atomic mass is 35.5. The van der Waals surface area contributed by atoms with Gasteiger partial charge in [-0.25, -0.2) is 4.98 Å². The first-order valence-corrected chi connectivity index (χ1v) is 11.0.